The normalized spacial score (nSPS) is 13.3. The summed E-state index contributed by atoms with van der Waals surface area (Å²) in [5.41, 5.74) is 4.98. The first-order valence-electron chi connectivity index (χ1n) is 9.29. The van der Waals surface area contributed by atoms with Crippen molar-refractivity contribution in [2.24, 2.45) is 0 Å². The Bertz CT molecular complexity index is 971. The van der Waals surface area contributed by atoms with Gasteiger partial charge in [0, 0.05) is 5.57 Å². The summed E-state index contributed by atoms with van der Waals surface area (Å²) in [5, 5.41) is 0. The number of hydrogen-bond donors (Lipinski definition) is 0. The SMILES string of the molecule is C=Cc1cc(OC(=O)C(=C)C)ccc1C1=C(C)CC=C(OC(=O)CC(=C)C)C=C1. The Morgan fingerprint density at radius 1 is 1.14 bits per heavy atom. The molecule has 4 nitrogen and oxygen atoms in total. The van der Waals surface area contributed by atoms with E-state index in [9.17, 15) is 9.59 Å². The lowest BCUT2D eigenvalue weighted by atomic mass is 9.94. The minimum Gasteiger partial charge on any atom is -0.427 e. The molecule has 150 valence electrons. The van der Waals surface area contributed by atoms with E-state index in [0.717, 1.165) is 27.8 Å². The van der Waals surface area contributed by atoms with E-state index in [-0.39, 0.29) is 12.4 Å². The maximum Gasteiger partial charge on any atom is 0.338 e. The second-order valence-corrected chi connectivity index (χ2v) is 7.07. The Hall–Kier alpha value is -3.40. The average molecular weight is 390 g/mol. The highest BCUT2D eigenvalue weighted by Crippen LogP contribution is 2.31. The molecule has 1 aromatic carbocycles. The van der Waals surface area contributed by atoms with Gasteiger partial charge in [-0.25, -0.2) is 4.79 Å². The number of rotatable bonds is 7. The predicted octanol–water partition coefficient (Wildman–Crippen LogP) is 5.94. The molecule has 0 fully saturated rings. The highest BCUT2D eigenvalue weighted by Gasteiger charge is 2.14. The van der Waals surface area contributed by atoms with Crippen LogP contribution in [0.5, 0.6) is 5.75 Å². The minimum absolute atomic E-state index is 0.190. The summed E-state index contributed by atoms with van der Waals surface area (Å²) in [7, 11) is 0. The molecule has 4 heteroatoms. The molecule has 0 aliphatic heterocycles. The van der Waals surface area contributed by atoms with Crippen molar-refractivity contribution in [2.75, 3.05) is 0 Å². The van der Waals surface area contributed by atoms with E-state index in [4.69, 9.17) is 9.47 Å². The molecular formula is C25H26O4. The van der Waals surface area contributed by atoms with Crippen LogP contribution >= 0.6 is 0 Å². The maximum atomic E-state index is 11.9. The predicted molar refractivity (Wildman–Crippen MR) is 117 cm³/mol. The van der Waals surface area contributed by atoms with Crippen LogP contribution in [0, 0.1) is 0 Å². The lowest BCUT2D eigenvalue weighted by Crippen LogP contribution is -2.08. The van der Waals surface area contributed by atoms with Gasteiger partial charge in [-0.2, -0.15) is 0 Å². The van der Waals surface area contributed by atoms with Gasteiger partial charge >= 0.3 is 11.9 Å². The monoisotopic (exact) mass is 390 g/mol. The van der Waals surface area contributed by atoms with E-state index in [1.165, 1.54) is 0 Å². The molecule has 0 aromatic heterocycles. The fourth-order valence-corrected chi connectivity index (χ4v) is 2.76. The average Bonchev–Trinajstić information content (AvgIpc) is 2.82. The molecule has 0 radical (unpaired) electrons. The summed E-state index contributed by atoms with van der Waals surface area (Å²) in [6.45, 7) is 16.6. The van der Waals surface area contributed by atoms with Gasteiger partial charge in [-0.15, -0.1) is 0 Å². The molecule has 0 saturated heterocycles. The highest BCUT2D eigenvalue weighted by atomic mass is 16.5. The molecule has 29 heavy (non-hydrogen) atoms. The summed E-state index contributed by atoms with van der Waals surface area (Å²) in [4.78, 5) is 23.7. The molecule has 0 bridgehead atoms. The van der Waals surface area contributed by atoms with E-state index in [0.29, 0.717) is 23.5 Å². The third-order valence-corrected chi connectivity index (χ3v) is 4.25. The van der Waals surface area contributed by atoms with Gasteiger partial charge < -0.3 is 9.47 Å². The molecule has 1 aliphatic carbocycles. The van der Waals surface area contributed by atoms with Gasteiger partial charge in [0.05, 0.1) is 6.42 Å². The molecule has 0 amide bonds. The van der Waals surface area contributed by atoms with Gasteiger partial charge in [-0.1, -0.05) is 49.1 Å². The topological polar surface area (TPSA) is 52.6 Å². The van der Waals surface area contributed by atoms with Crippen LogP contribution in [0.2, 0.25) is 0 Å². The van der Waals surface area contributed by atoms with Crippen molar-refractivity contribution in [1.82, 2.24) is 0 Å². The Labute approximate surface area is 172 Å². The lowest BCUT2D eigenvalue weighted by Gasteiger charge is -2.12. The smallest absolute Gasteiger partial charge is 0.338 e. The van der Waals surface area contributed by atoms with Gasteiger partial charge in [0.2, 0.25) is 0 Å². The van der Waals surface area contributed by atoms with Gasteiger partial charge in [0.1, 0.15) is 11.5 Å². The van der Waals surface area contributed by atoms with Crippen LogP contribution in [0.25, 0.3) is 11.6 Å². The quantitative estimate of drug-likeness (QED) is 0.250. The number of benzene rings is 1. The van der Waals surface area contributed by atoms with Gasteiger partial charge in [-0.05, 0) is 68.2 Å². The second kappa shape index (κ2) is 9.69. The third-order valence-electron chi connectivity index (χ3n) is 4.25. The zero-order chi connectivity index (χ0) is 21.6. The Morgan fingerprint density at radius 2 is 1.86 bits per heavy atom. The summed E-state index contributed by atoms with van der Waals surface area (Å²) < 4.78 is 10.7. The second-order valence-electron chi connectivity index (χ2n) is 7.07. The van der Waals surface area contributed by atoms with E-state index in [1.807, 2.05) is 25.1 Å². The van der Waals surface area contributed by atoms with Crippen molar-refractivity contribution in [3.63, 3.8) is 0 Å². The first-order chi connectivity index (χ1) is 13.7. The lowest BCUT2D eigenvalue weighted by molar-refractivity contribution is -0.138. The zero-order valence-corrected chi connectivity index (χ0v) is 17.2. The summed E-state index contributed by atoms with van der Waals surface area (Å²) in [6.07, 6.45) is 8.13. The van der Waals surface area contributed by atoms with E-state index in [2.05, 4.69) is 19.7 Å². The van der Waals surface area contributed by atoms with Crippen LogP contribution in [-0.2, 0) is 14.3 Å². The largest absolute Gasteiger partial charge is 0.427 e. The van der Waals surface area contributed by atoms with Crippen molar-refractivity contribution in [1.29, 1.82) is 0 Å². The molecule has 0 unspecified atom stereocenters. The fraction of sp³-hybridized carbons (Fsp3) is 0.200. The molecule has 0 spiro atoms. The van der Waals surface area contributed by atoms with Crippen molar-refractivity contribution in [3.8, 4) is 5.75 Å². The van der Waals surface area contributed by atoms with Crippen molar-refractivity contribution < 1.29 is 19.1 Å². The summed E-state index contributed by atoms with van der Waals surface area (Å²) in [6, 6.07) is 5.39. The van der Waals surface area contributed by atoms with E-state index in [1.54, 1.807) is 38.1 Å². The number of esters is 2. The van der Waals surface area contributed by atoms with Crippen LogP contribution < -0.4 is 4.74 Å². The van der Waals surface area contributed by atoms with E-state index >= 15 is 0 Å². The summed E-state index contributed by atoms with van der Waals surface area (Å²) in [5.74, 6) is 0.144. The molecule has 0 saturated carbocycles. The van der Waals surface area contributed by atoms with E-state index < -0.39 is 5.97 Å². The first-order valence-corrected chi connectivity index (χ1v) is 9.29. The molecule has 2 rings (SSSR count). The van der Waals surface area contributed by atoms with Crippen LogP contribution in [0.3, 0.4) is 0 Å². The maximum absolute atomic E-state index is 11.9. The Balaban J connectivity index is 2.27. The van der Waals surface area contributed by atoms with Crippen LogP contribution in [0.1, 0.15) is 44.7 Å². The fourth-order valence-electron chi connectivity index (χ4n) is 2.76. The minimum atomic E-state index is -0.470. The number of carbonyl (C=O) groups excluding carboxylic acids is 2. The Morgan fingerprint density at radius 3 is 2.48 bits per heavy atom. The van der Waals surface area contributed by atoms with Crippen molar-refractivity contribution >= 4 is 23.6 Å². The number of hydrogen-bond acceptors (Lipinski definition) is 4. The summed E-state index contributed by atoms with van der Waals surface area (Å²) >= 11 is 0. The zero-order valence-electron chi connectivity index (χ0n) is 17.2. The van der Waals surface area contributed by atoms with Gasteiger partial charge in [0.15, 0.2) is 0 Å². The highest BCUT2D eigenvalue weighted by molar-refractivity contribution is 5.89. The van der Waals surface area contributed by atoms with Gasteiger partial charge in [-0.3, -0.25) is 4.79 Å². The standard InChI is InChI=1S/C25H26O4/c1-7-19-15-21(29-25(27)17(4)5)11-13-23(19)22-12-10-20(9-8-18(22)6)28-24(26)14-16(2)3/h7,9-13,15H,1-2,4,8,14H2,3,5-6H3. The molecule has 0 N–H and O–H groups in total. The van der Waals surface area contributed by atoms with Crippen LogP contribution in [0.15, 0.2) is 78.6 Å². The molecule has 0 heterocycles. The van der Waals surface area contributed by atoms with Gasteiger partial charge in [0.25, 0.3) is 0 Å². The van der Waals surface area contributed by atoms with Crippen LogP contribution in [0.4, 0.5) is 0 Å². The first kappa shape index (κ1) is 21.9. The molecule has 1 aliphatic rings. The van der Waals surface area contributed by atoms with Crippen molar-refractivity contribution in [3.05, 3.63) is 89.8 Å². The third kappa shape index (κ3) is 6.04. The number of carbonyl (C=O) groups is 2. The van der Waals surface area contributed by atoms with Crippen LogP contribution in [-0.4, -0.2) is 11.9 Å². The molecular weight excluding hydrogens is 364 g/mol. The van der Waals surface area contributed by atoms with Crippen molar-refractivity contribution in [2.45, 2.75) is 33.6 Å². The number of allylic oxidation sites excluding steroid dienone is 5. The Kier molecular flexibility index (Phi) is 7.32. The number of ether oxygens (including phenoxy) is 2. The molecule has 0 atom stereocenters. The molecule has 1 aromatic rings.